The molecule has 820 valence electrons. The Balaban J connectivity index is -0.0000000760. The van der Waals surface area contributed by atoms with Crippen LogP contribution in [0.15, 0.2) is 166 Å². The van der Waals surface area contributed by atoms with E-state index in [-0.39, 0.29) is 37.1 Å². The van der Waals surface area contributed by atoms with Crippen LogP contribution in [-0.2, 0) is 0 Å². The maximum Gasteiger partial charge on any atom is 0.228 e. The van der Waals surface area contributed by atoms with Gasteiger partial charge in [-0.15, -0.1) is 59.5 Å². The number of pyridine rings is 1. The summed E-state index contributed by atoms with van der Waals surface area (Å²) in [7, 11) is 0. The van der Waals surface area contributed by atoms with Gasteiger partial charge >= 0.3 is 0 Å². The number of aromatic nitrogens is 16. The predicted molar refractivity (Wildman–Crippen MR) is 630 cm³/mol. The quantitative estimate of drug-likeness (QED) is 0.119. The minimum Gasteiger partial charge on any atom is -0.449 e. The SMILES string of the molecule is C.C.C.C.C.CC(C)C1=NCC=N1.CC(C)C1=NCN=N1.CC(C)c1ccccn1.CC(C)c1cnccn1.CC(C)c1ncc[nH]1.CC(C)c1ncccn1.CC(C)c1ncco1.CC(C)c1nccs1.CC(C)c1nccs1.CC(C)c1ncno1.CC(C)c1nnco1.CC(C)c1nncs1.CCC.CCC.CCC.CCC.CCC.CCC.CCC.CCC.CCC.CCC.CCC.CCC. The summed E-state index contributed by atoms with van der Waals surface area (Å²) in [6, 6.07) is 7.82. The molecule has 10 aromatic rings. The van der Waals surface area contributed by atoms with Crippen LogP contribution in [0.5, 0.6) is 0 Å². The number of hydrogen-bond donors (Lipinski definition) is 1. The second-order valence-corrected chi connectivity index (χ2v) is 36.4. The molecule has 24 nitrogen and oxygen atoms in total. The molecule has 2 aliphatic rings. The maximum absolute atomic E-state index is 4.98. The van der Waals surface area contributed by atoms with Gasteiger partial charge in [-0.25, -0.2) is 39.9 Å². The summed E-state index contributed by atoms with van der Waals surface area (Å²) in [4.78, 5) is 55.7. The average Bonchev–Trinajstić information content (AvgIpc) is 1.46. The van der Waals surface area contributed by atoms with Gasteiger partial charge in [-0.1, -0.05) is 458 Å². The van der Waals surface area contributed by atoms with Gasteiger partial charge in [0.1, 0.15) is 40.1 Å². The van der Waals surface area contributed by atoms with Gasteiger partial charge in [-0.05, 0) is 30.0 Å². The van der Waals surface area contributed by atoms with Crippen molar-refractivity contribution in [2.45, 2.75) is 506 Å². The van der Waals surface area contributed by atoms with Crippen LogP contribution < -0.4 is 0 Å². The van der Waals surface area contributed by atoms with Gasteiger partial charge < -0.3 is 18.3 Å². The van der Waals surface area contributed by atoms with Gasteiger partial charge in [0.25, 0.3) is 0 Å². The molecule has 1 N–H and O–H groups in total. The number of imidazole rings is 1. The van der Waals surface area contributed by atoms with E-state index in [4.69, 9.17) is 13.4 Å². The van der Waals surface area contributed by atoms with Crippen LogP contribution in [-0.4, -0.2) is 111 Å². The Morgan fingerprint density at radius 1 is 0.336 bits per heavy atom. The third kappa shape index (κ3) is 134. The standard InChI is InChI=1S/C8H11N.2C7H10N2.2C6H10N2.C6H9NO.2C6H9NS.C5H9N3.2C5H8N2O.C5H8N2S.12C3H8.5CH4/c1-7(2)8-5-3-4-6-9-8;1-6(2)7-5-8-3-4-9-7;1-6(2)7-8-4-3-5-9-7;5*1-5(2)6-7-3-4-8-6;1-4(2)5-6-3-7-8-5;1-4(2)5-7-6-3-8-5;1-4(2)5-6-3-7-8-5;1-4(2)5-7-6-3-8-5;12*1-3-2;;;;;/h3-7H,1-2H3;2*3-6H,1-2H3;3,5H,4H2,1-2H3;3-5H,1-2H3,(H,7,8);3*3-5H,1-2H3;4H,3H2,1-2H3;3*3-4H,1-2H3;12*3H2,1-2H3;5*1H4. The summed E-state index contributed by atoms with van der Waals surface area (Å²) in [5.41, 5.74) is 3.98. The van der Waals surface area contributed by atoms with Gasteiger partial charge in [0, 0.05) is 144 Å². The molecule has 0 bridgehead atoms. The number of nitrogens with one attached hydrogen (secondary N) is 1. The maximum atomic E-state index is 4.98. The molecule has 0 fully saturated rings. The summed E-state index contributed by atoms with van der Waals surface area (Å²) in [6.07, 6.45) is 40.7. The first-order valence-corrected chi connectivity index (χ1v) is 53.1. The molecule has 0 atom stereocenters. The Morgan fingerprint density at radius 2 is 0.764 bits per heavy atom. The van der Waals surface area contributed by atoms with Crippen molar-refractivity contribution >= 4 is 51.9 Å². The number of amidine groups is 2. The molecule has 10 aromatic heterocycles. The van der Waals surface area contributed by atoms with Crippen molar-refractivity contribution in [1.29, 1.82) is 0 Å². The number of rotatable bonds is 12. The van der Waals surface area contributed by atoms with Gasteiger partial charge in [0.05, 0.1) is 28.5 Å². The third-order valence-corrected chi connectivity index (χ3v) is 15.3. The fourth-order valence-corrected chi connectivity index (χ4v) is 8.45. The van der Waals surface area contributed by atoms with Gasteiger partial charge in [0.2, 0.25) is 18.2 Å². The van der Waals surface area contributed by atoms with Crippen molar-refractivity contribution in [3.8, 4) is 0 Å². The number of azo groups is 1. The molecular weight excluding hydrogens is 1800 g/mol. The van der Waals surface area contributed by atoms with E-state index in [0.717, 1.165) is 52.2 Å². The molecule has 0 aliphatic carbocycles. The Hall–Kier alpha value is -8.56. The van der Waals surface area contributed by atoms with E-state index in [1.54, 1.807) is 89.2 Å². The fraction of sp³-hybridized carbons (Fsp3) is 0.699. The fourth-order valence-electron chi connectivity index (χ4n) is 6.57. The van der Waals surface area contributed by atoms with Crippen molar-refractivity contribution < 1.29 is 13.4 Å². The molecule has 12 heterocycles. The number of H-pyrrole nitrogens is 1. The number of thiazole rings is 2. The van der Waals surface area contributed by atoms with E-state index in [1.165, 1.54) is 99.8 Å². The van der Waals surface area contributed by atoms with Crippen LogP contribution in [0.1, 0.15) is 561 Å². The molecule has 2 aliphatic heterocycles. The third-order valence-electron chi connectivity index (χ3n) is 12.1. The smallest absolute Gasteiger partial charge is 0.228 e. The van der Waals surface area contributed by atoms with Crippen molar-refractivity contribution in [3.05, 3.63) is 183 Å². The van der Waals surface area contributed by atoms with Crippen molar-refractivity contribution in [2.24, 2.45) is 37.0 Å². The molecule has 0 amide bonds. The molecule has 12 rings (SSSR count). The van der Waals surface area contributed by atoms with Gasteiger partial charge in [0.15, 0.2) is 18.9 Å². The number of aromatic amines is 1. The molecule has 0 aromatic carbocycles. The first-order valence-electron chi connectivity index (χ1n) is 50.5. The molecule has 0 saturated carbocycles. The number of aliphatic imine (C=N–C) groups is 3. The van der Waals surface area contributed by atoms with Crippen LogP contribution in [0.4, 0.5) is 0 Å². The summed E-state index contributed by atoms with van der Waals surface area (Å²) in [5, 5.41) is 33.4. The van der Waals surface area contributed by atoms with Gasteiger partial charge in [-0.3, -0.25) is 19.9 Å². The molecule has 27 heteroatoms. The highest BCUT2D eigenvalue weighted by Crippen LogP contribution is 2.18. The zero-order valence-electron chi connectivity index (χ0n) is 95.4. The molecular formula is C113H227N21O3S3. The molecule has 140 heavy (non-hydrogen) atoms. The van der Waals surface area contributed by atoms with Crippen LogP contribution in [0.3, 0.4) is 0 Å². The molecule has 0 unspecified atom stereocenters. The largest absolute Gasteiger partial charge is 0.449 e. The van der Waals surface area contributed by atoms with E-state index in [2.05, 4.69) is 396 Å². The first kappa shape index (κ1) is 171. The minimum atomic E-state index is 0. The normalized spacial score (nSPS) is 9.66. The summed E-state index contributed by atoms with van der Waals surface area (Å²) >= 11 is 5.05. The lowest BCUT2D eigenvalue weighted by molar-refractivity contribution is 0.364. The second kappa shape index (κ2) is 137. The first-order chi connectivity index (χ1) is 64.1. The Bertz CT molecular complexity index is 3150. The van der Waals surface area contributed by atoms with Crippen LogP contribution in [0.25, 0.3) is 0 Å². The predicted octanol–water partition coefficient (Wildman–Crippen LogP) is 40.1. The van der Waals surface area contributed by atoms with Crippen LogP contribution >= 0.6 is 34.0 Å². The lowest BCUT2D eigenvalue weighted by Crippen LogP contribution is -2.00. The van der Waals surface area contributed by atoms with Crippen molar-refractivity contribution in [2.75, 3.05) is 13.2 Å². The molecule has 0 saturated heterocycles. The van der Waals surface area contributed by atoms with Crippen LogP contribution in [0.2, 0.25) is 0 Å². The summed E-state index contributed by atoms with van der Waals surface area (Å²) in [6.45, 7) is 102. The van der Waals surface area contributed by atoms with Crippen molar-refractivity contribution in [3.63, 3.8) is 0 Å². The second-order valence-electron chi connectivity index (χ2n) is 33.7. The van der Waals surface area contributed by atoms with E-state index in [1.807, 2.05) is 108 Å². The van der Waals surface area contributed by atoms with E-state index in [9.17, 15) is 0 Å². The molecule has 0 radical (unpaired) electrons. The molecule has 0 spiro atoms. The zero-order chi connectivity index (χ0) is 106. The van der Waals surface area contributed by atoms with E-state index < -0.39 is 0 Å². The Kier molecular flexibility index (Phi) is 167. The van der Waals surface area contributed by atoms with Crippen LogP contribution in [0, 0.1) is 11.8 Å². The van der Waals surface area contributed by atoms with E-state index >= 15 is 0 Å². The summed E-state index contributed by atoms with van der Waals surface area (Å²) < 4.78 is 14.6. The highest BCUT2D eigenvalue weighted by Gasteiger charge is 2.08. The minimum absolute atomic E-state index is 0. The average molecular weight is 2020 g/mol. The number of nitrogens with zero attached hydrogens (tertiary/aromatic N) is 20. The zero-order valence-corrected chi connectivity index (χ0v) is 97.9. The Labute approximate surface area is 879 Å². The Morgan fingerprint density at radius 3 is 0.943 bits per heavy atom. The monoisotopic (exact) mass is 2020 g/mol. The number of oxazole rings is 1. The highest BCUT2D eigenvalue weighted by molar-refractivity contribution is 7.10. The van der Waals surface area contributed by atoms with Crippen molar-refractivity contribution in [1.82, 2.24) is 80.4 Å². The topological polar surface area (TPSA) is 310 Å². The highest BCUT2D eigenvalue weighted by atomic mass is 32.1. The van der Waals surface area contributed by atoms with E-state index in [0.29, 0.717) is 89.5 Å². The van der Waals surface area contributed by atoms with Gasteiger partial charge in [-0.2, -0.15) is 10.1 Å². The summed E-state index contributed by atoms with van der Waals surface area (Å²) in [5.74, 6) is 11.8. The number of hydrogen-bond acceptors (Lipinski definition) is 26. The lowest BCUT2D eigenvalue weighted by atomic mass is 10.1. The lowest BCUT2D eigenvalue weighted by Gasteiger charge is -2.00.